The minimum absolute atomic E-state index is 0.312. The molecule has 0 spiro atoms. The second kappa shape index (κ2) is 6.72. The van der Waals surface area contributed by atoms with Gasteiger partial charge in [-0.15, -0.1) is 0 Å². The van der Waals surface area contributed by atoms with E-state index in [0.717, 1.165) is 29.7 Å². The van der Waals surface area contributed by atoms with E-state index in [2.05, 4.69) is 29.8 Å². The SMILES string of the molecule is C[Si](C)(C)CCOCOc1ccc(-c2cc[nH]n2)cc1. The number of aromatic nitrogens is 2. The number of nitrogens with zero attached hydrogens (tertiary/aromatic N) is 1. The van der Waals surface area contributed by atoms with Crippen molar-refractivity contribution in [3.05, 3.63) is 36.5 Å². The summed E-state index contributed by atoms with van der Waals surface area (Å²) in [4.78, 5) is 0. The normalized spacial score (nSPS) is 11.6. The molecule has 5 heteroatoms. The highest BCUT2D eigenvalue weighted by Crippen LogP contribution is 2.20. The number of benzene rings is 1. The van der Waals surface area contributed by atoms with E-state index >= 15 is 0 Å². The minimum Gasteiger partial charge on any atom is -0.468 e. The van der Waals surface area contributed by atoms with Crippen LogP contribution in [-0.2, 0) is 4.74 Å². The Bertz CT molecular complexity index is 504. The second-order valence-electron chi connectivity index (χ2n) is 5.96. The monoisotopic (exact) mass is 290 g/mol. The molecule has 0 amide bonds. The number of H-pyrrole nitrogens is 1. The molecule has 4 nitrogen and oxygen atoms in total. The fourth-order valence-corrected chi connectivity index (χ4v) is 2.45. The topological polar surface area (TPSA) is 47.1 Å². The molecule has 0 saturated heterocycles. The van der Waals surface area contributed by atoms with E-state index in [9.17, 15) is 0 Å². The van der Waals surface area contributed by atoms with Gasteiger partial charge >= 0.3 is 0 Å². The number of ether oxygens (including phenoxy) is 2. The van der Waals surface area contributed by atoms with E-state index in [0.29, 0.717) is 6.79 Å². The highest BCUT2D eigenvalue weighted by atomic mass is 28.3. The van der Waals surface area contributed by atoms with Crippen molar-refractivity contribution >= 4 is 8.07 Å². The highest BCUT2D eigenvalue weighted by Gasteiger charge is 2.11. The Morgan fingerprint density at radius 2 is 1.85 bits per heavy atom. The van der Waals surface area contributed by atoms with Crippen LogP contribution in [0.25, 0.3) is 11.3 Å². The maximum Gasteiger partial charge on any atom is 0.189 e. The van der Waals surface area contributed by atoms with Crippen molar-refractivity contribution in [1.29, 1.82) is 0 Å². The number of hydrogen-bond acceptors (Lipinski definition) is 3. The summed E-state index contributed by atoms with van der Waals surface area (Å²) in [6, 6.07) is 11.0. The first-order valence-corrected chi connectivity index (χ1v) is 10.6. The molecule has 0 saturated carbocycles. The fourth-order valence-electron chi connectivity index (χ4n) is 1.69. The van der Waals surface area contributed by atoms with Gasteiger partial charge in [0.1, 0.15) is 5.75 Å². The number of nitrogens with one attached hydrogen (secondary N) is 1. The third-order valence-corrected chi connectivity index (χ3v) is 4.66. The van der Waals surface area contributed by atoms with Crippen LogP contribution < -0.4 is 4.74 Å². The van der Waals surface area contributed by atoms with Crippen molar-refractivity contribution in [3.8, 4) is 17.0 Å². The van der Waals surface area contributed by atoms with Crippen molar-refractivity contribution < 1.29 is 9.47 Å². The first-order chi connectivity index (χ1) is 9.54. The van der Waals surface area contributed by atoms with Gasteiger partial charge in [0.2, 0.25) is 0 Å². The van der Waals surface area contributed by atoms with Crippen LogP contribution in [0.5, 0.6) is 5.75 Å². The van der Waals surface area contributed by atoms with Crippen molar-refractivity contribution in [2.45, 2.75) is 25.7 Å². The van der Waals surface area contributed by atoms with Gasteiger partial charge < -0.3 is 9.47 Å². The van der Waals surface area contributed by atoms with Crippen LogP contribution >= 0.6 is 0 Å². The molecule has 108 valence electrons. The number of rotatable bonds is 7. The molecule has 0 atom stereocenters. The van der Waals surface area contributed by atoms with E-state index in [1.165, 1.54) is 0 Å². The molecule has 20 heavy (non-hydrogen) atoms. The summed E-state index contributed by atoms with van der Waals surface area (Å²) in [5.74, 6) is 0.817. The van der Waals surface area contributed by atoms with Crippen LogP contribution in [0.3, 0.4) is 0 Å². The second-order valence-corrected chi connectivity index (χ2v) is 11.6. The third kappa shape index (κ3) is 4.83. The lowest BCUT2D eigenvalue weighted by Crippen LogP contribution is -2.22. The molecule has 0 unspecified atom stereocenters. The Morgan fingerprint density at radius 3 is 2.45 bits per heavy atom. The van der Waals surface area contributed by atoms with Gasteiger partial charge in [-0.25, -0.2) is 0 Å². The minimum atomic E-state index is -1.02. The number of hydrogen-bond donors (Lipinski definition) is 1. The van der Waals surface area contributed by atoms with Crippen LogP contribution in [0, 0.1) is 0 Å². The standard InChI is InChI=1S/C15H22N2O2Si/c1-20(2,3)11-10-18-12-19-14-6-4-13(5-7-14)15-8-9-16-17-15/h4-9H,10-12H2,1-3H3,(H,16,17). The first kappa shape index (κ1) is 14.8. The summed E-state index contributed by atoms with van der Waals surface area (Å²) in [6.45, 7) is 8.11. The van der Waals surface area contributed by atoms with Crippen LogP contribution in [0.1, 0.15) is 0 Å². The molecule has 1 heterocycles. The molecule has 0 aliphatic rings. The Kier molecular flexibility index (Phi) is 4.98. The lowest BCUT2D eigenvalue weighted by Gasteiger charge is -2.15. The van der Waals surface area contributed by atoms with E-state index in [4.69, 9.17) is 9.47 Å². The van der Waals surface area contributed by atoms with E-state index in [-0.39, 0.29) is 0 Å². The average Bonchev–Trinajstić information content (AvgIpc) is 2.92. The molecule has 1 N–H and O–H groups in total. The van der Waals surface area contributed by atoms with Gasteiger partial charge in [-0.3, -0.25) is 5.10 Å². The summed E-state index contributed by atoms with van der Waals surface area (Å²) in [5.41, 5.74) is 2.00. The Morgan fingerprint density at radius 1 is 1.10 bits per heavy atom. The molecule has 0 fully saturated rings. The summed E-state index contributed by atoms with van der Waals surface area (Å²) in [6.07, 6.45) is 1.81. The van der Waals surface area contributed by atoms with Gasteiger partial charge in [-0.05, 0) is 36.4 Å². The molecular formula is C15H22N2O2Si. The van der Waals surface area contributed by atoms with Crippen molar-refractivity contribution in [2.75, 3.05) is 13.4 Å². The van der Waals surface area contributed by atoms with Crippen molar-refractivity contribution in [1.82, 2.24) is 10.2 Å². The molecule has 2 aromatic rings. The first-order valence-electron chi connectivity index (χ1n) is 6.85. The lowest BCUT2D eigenvalue weighted by atomic mass is 10.1. The van der Waals surface area contributed by atoms with E-state index in [1.54, 1.807) is 0 Å². The molecule has 0 aliphatic heterocycles. The molecule has 0 aliphatic carbocycles. The zero-order valence-electron chi connectivity index (χ0n) is 12.3. The highest BCUT2D eigenvalue weighted by molar-refractivity contribution is 6.76. The number of aromatic amines is 1. The molecule has 0 bridgehead atoms. The van der Waals surface area contributed by atoms with E-state index in [1.807, 2.05) is 36.5 Å². The quantitative estimate of drug-likeness (QED) is 0.480. The molecular weight excluding hydrogens is 268 g/mol. The van der Waals surface area contributed by atoms with Gasteiger partial charge in [0.15, 0.2) is 6.79 Å². The average molecular weight is 290 g/mol. The molecule has 0 radical (unpaired) electrons. The van der Waals surface area contributed by atoms with Gasteiger partial charge in [-0.1, -0.05) is 19.6 Å². The Balaban J connectivity index is 1.74. The summed E-state index contributed by atoms with van der Waals surface area (Å²) in [5, 5.41) is 6.94. The molecule has 1 aromatic carbocycles. The predicted octanol–water partition coefficient (Wildman–Crippen LogP) is 3.77. The van der Waals surface area contributed by atoms with Gasteiger partial charge in [0.25, 0.3) is 0 Å². The molecule has 2 rings (SSSR count). The van der Waals surface area contributed by atoms with Crippen LogP contribution in [0.15, 0.2) is 36.5 Å². The maximum absolute atomic E-state index is 5.56. The third-order valence-electron chi connectivity index (χ3n) is 2.96. The smallest absolute Gasteiger partial charge is 0.189 e. The van der Waals surface area contributed by atoms with Crippen LogP contribution in [0.4, 0.5) is 0 Å². The Labute approximate surface area is 121 Å². The van der Waals surface area contributed by atoms with Gasteiger partial charge in [0, 0.05) is 26.4 Å². The fraction of sp³-hybridized carbons (Fsp3) is 0.400. The zero-order chi connectivity index (χ0) is 14.4. The lowest BCUT2D eigenvalue weighted by molar-refractivity contribution is 0.0220. The van der Waals surface area contributed by atoms with Crippen molar-refractivity contribution in [2.24, 2.45) is 0 Å². The summed E-state index contributed by atoms with van der Waals surface area (Å²) >= 11 is 0. The summed E-state index contributed by atoms with van der Waals surface area (Å²) < 4.78 is 11.1. The zero-order valence-corrected chi connectivity index (χ0v) is 13.3. The van der Waals surface area contributed by atoms with Gasteiger partial charge in [0.05, 0.1) is 5.69 Å². The maximum atomic E-state index is 5.56. The molecule has 1 aromatic heterocycles. The largest absolute Gasteiger partial charge is 0.468 e. The van der Waals surface area contributed by atoms with E-state index < -0.39 is 8.07 Å². The van der Waals surface area contributed by atoms with Crippen LogP contribution in [-0.4, -0.2) is 31.7 Å². The van der Waals surface area contributed by atoms with Gasteiger partial charge in [-0.2, -0.15) is 5.10 Å². The predicted molar refractivity (Wildman–Crippen MR) is 83.6 cm³/mol. The van der Waals surface area contributed by atoms with Crippen LogP contribution in [0.2, 0.25) is 25.7 Å². The van der Waals surface area contributed by atoms with Crippen molar-refractivity contribution in [3.63, 3.8) is 0 Å². The Hall–Kier alpha value is -1.59. The summed E-state index contributed by atoms with van der Waals surface area (Å²) in [7, 11) is -1.02.